The fraction of sp³-hybridized carbons (Fsp3) is 0.350. The van der Waals surface area contributed by atoms with E-state index in [-0.39, 0.29) is 12.2 Å². The largest absolute Gasteiger partial charge is 0.495 e. The predicted octanol–water partition coefficient (Wildman–Crippen LogP) is 2.35. The molecule has 1 fully saturated rings. The van der Waals surface area contributed by atoms with Gasteiger partial charge in [-0.15, -0.1) is 0 Å². The molecule has 2 heterocycles. The number of aromatic nitrogens is 1. The van der Waals surface area contributed by atoms with Crippen LogP contribution in [0.25, 0.3) is 0 Å². The number of ether oxygens (including phenoxy) is 1. The molecule has 160 valence electrons. The second-order valence-electron chi connectivity index (χ2n) is 7.05. The summed E-state index contributed by atoms with van der Waals surface area (Å²) in [6, 6.07) is 7.12. The Morgan fingerprint density at radius 2 is 2.10 bits per heavy atom. The third-order valence-electron chi connectivity index (χ3n) is 4.93. The van der Waals surface area contributed by atoms with Crippen LogP contribution in [0.5, 0.6) is 5.75 Å². The predicted molar refractivity (Wildman–Crippen MR) is 111 cm³/mol. The Morgan fingerprint density at radius 3 is 2.73 bits per heavy atom. The molecule has 0 aliphatic carbocycles. The van der Waals surface area contributed by atoms with E-state index in [1.165, 1.54) is 19.4 Å². The average molecular weight is 436 g/mol. The van der Waals surface area contributed by atoms with Crippen molar-refractivity contribution in [3.63, 3.8) is 0 Å². The molecule has 3 amide bonds. The fourth-order valence-electron chi connectivity index (χ4n) is 3.52. The summed E-state index contributed by atoms with van der Waals surface area (Å²) >= 11 is 5.86. The second kappa shape index (κ2) is 9.73. The van der Waals surface area contributed by atoms with Crippen molar-refractivity contribution in [3.8, 4) is 5.75 Å². The molecule has 2 aromatic rings. The summed E-state index contributed by atoms with van der Waals surface area (Å²) < 4.78 is 19.7. The summed E-state index contributed by atoms with van der Waals surface area (Å²) in [6.45, 7) is 0.909. The molecule has 1 aromatic heterocycles. The lowest BCUT2D eigenvalue weighted by molar-refractivity contribution is -0.119. The molecule has 3 rings (SSSR count). The van der Waals surface area contributed by atoms with E-state index in [4.69, 9.17) is 22.1 Å². The number of likely N-dealkylation sites (tertiary alicyclic amines) is 1. The Morgan fingerprint density at radius 1 is 1.37 bits per heavy atom. The molecule has 2 unspecified atom stereocenters. The quantitative estimate of drug-likeness (QED) is 0.645. The van der Waals surface area contributed by atoms with Gasteiger partial charge >= 0.3 is 6.03 Å². The number of pyridine rings is 1. The summed E-state index contributed by atoms with van der Waals surface area (Å²) in [7, 11) is 1.43. The number of carbonyl (C=O) groups is 2. The zero-order valence-corrected chi connectivity index (χ0v) is 17.2. The molecular weight excluding hydrogens is 413 g/mol. The highest BCUT2D eigenvalue weighted by molar-refractivity contribution is 6.30. The van der Waals surface area contributed by atoms with Gasteiger partial charge in [-0.3, -0.25) is 14.7 Å². The smallest absolute Gasteiger partial charge is 0.319 e. The highest BCUT2D eigenvalue weighted by Gasteiger charge is 2.34. The minimum Gasteiger partial charge on any atom is -0.495 e. The van der Waals surface area contributed by atoms with Crippen LogP contribution < -0.4 is 21.1 Å². The number of primary amides is 1. The Kier molecular flexibility index (Phi) is 7.07. The van der Waals surface area contributed by atoms with Gasteiger partial charge in [0.2, 0.25) is 5.91 Å². The van der Waals surface area contributed by atoms with Crippen LogP contribution in [-0.4, -0.2) is 54.6 Å². The first kappa shape index (κ1) is 21.8. The van der Waals surface area contributed by atoms with Crippen LogP contribution in [0.4, 0.5) is 14.9 Å². The van der Waals surface area contributed by atoms with Gasteiger partial charge in [0.05, 0.1) is 25.5 Å². The third kappa shape index (κ3) is 5.58. The van der Waals surface area contributed by atoms with Crippen LogP contribution in [0, 0.1) is 5.82 Å². The first-order valence-electron chi connectivity index (χ1n) is 9.39. The maximum absolute atomic E-state index is 14.7. The SMILES string of the molecule is COc1cnc(C2CN(CC(N)=O)CCC2NC(=O)Nc2ccc(Cl)cc2)c(F)c1. The number of hydrogen-bond acceptors (Lipinski definition) is 5. The molecule has 0 radical (unpaired) electrons. The van der Waals surface area contributed by atoms with Gasteiger partial charge in [-0.1, -0.05) is 11.6 Å². The van der Waals surface area contributed by atoms with Gasteiger partial charge < -0.3 is 21.1 Å². The van der Waals surface area contributed by atoms with Gasteiger partial charge in [-0.2, -0.15) is 0 Å². The molecule has 1 saturated heterocycles. The molecule has 1 aliphatic heterocycles. The van der Waals surface area contributed by atoms with Crippen molar-refractivity contribution in [2.45, 2.75) is 18.4 Å². The van der Waals surface area contributed by atoms with Gasteiger partial charge in [-0.25, -0.2) is 9.18 Å². The molecule has 0 saturated carbocycles. The van der Waals surface area contributed by atoms with Gasteiger partial charge in [0.25, 0.3) is 0 Å². The number of methoxy groups -OCH3 is 1. The van der Waals surface area contributed by atoms with Crippen LogP contribution in [0.1, 0.15) is 18.0 Å². The van der Waals surface area contributed by atoms with Gasteiger partial charge in [-0.05, 0) is 30.7 Å². The lowest BCUT2D eigenvalue weighted by Crippen LogP contribution is -2.52. The number of piperidine rings is 1. The van der Waals surface area contributed by atoms with E-state index in [1.54, 1.807) is 24.3 Å². The van der Waals surface area contributed by atoms with Crippen LogP contribution in [0.15, 0.2) is 36.5 Å². The van der Waals surface area contributed by atoms with Crippen LogP contribution >= 0.6 is 11.6 Å². The van der Waals surface area contributed by atoms with Crippen molar-refractivity contribution in [2.24, 2.45) is 5.73 Å². The van der Waals surface area contributed by atoms with E-state index < -0.39 is 29.7 Å². The molecule has 2 atom stereocenters. The van der Waals surface area contributed by atoms with E-state index in [1.807, 2.05) is 4.90 Å². The topological polar surface area (TPSA) is 110 Å². The first-order chi connectivity index (χ1) is 14.4. The number of nitrogens with one attached hydrogen (secondary N) is 2. The van der Waals surface area contributed by atoms with Crippen molar-refractivity contribution in [3.05, 3.63) is 53.1 Å². The summed E-state index contributed by atoms with van der Waals surface area (Å²) in [6.07, 6.45) is 1.93. The number of amides is 3. The lowest BCUT2D eigenvalue weighted by atomic mass is 9.88. The summed E-state index contributed by atoms with van der Waals surface area (Å²) in [5.41, 5.74) is 6.08. The Bertz CT molecular complexity index is 912. The molecule has 30 heavy (non-hydrogen) atoms. The van der Waals surface area contributed by atoms with Crippen LogP contribution in [-0.2, 0) is 4.79 Å². The number of rotatable bonds is 6. The van der Waals surface area contributed by atoms with Crippen molar-refractivity contribution in [1.29, 1.82) is 0 Å². The monoisotopic (exact) mass is 435 g/mol. The highest BCUT2D eigenvalue weighted by atomic mass is 35.5. The molecule has 10 heteroatoms. The van der Waals surface area contributed by atoms with Crippen LogP contribution in [0.2, 0.25) is 5.02 Å². The Balaban J connectivity index is 1.77. The molecule has 1 aliphatic rings. The Hall–Kier alpha value is -2.91. The summed E-state index contributed by atoms with van der Waals surface area (Å²) in [5, 5.41) is 6.19. The van der Waals surface area contributed by atoms with E-state index in [9.17, 15) is 14.0 Å². The van der Waals surface area contributed by atoms with Crippen molar-refractivity contribution in [1.82, 2.24) is 15.2 Å². The molecule has 0 bridgehead atoms. The second-order valence-corrected chi connectivity index (χ2v) is 7.49. The number of carbonyl (C=O) groups excluding carboxylic acids is 2. The number of anilines is 1. The summed E-state index contributed by atoms with van der Waals surface area (Å²) in [4.78, 5) is 29.9. The van der Waals surface area contributed by atoms with Gasteiger partial charge in [0.1, 0.15) is 11.6 Å². The molecular formula is C20H23ClFN5O3. The first-order valence-corrected chi connectivity index (χ1v) is 9.76. The molecule has 0 spiro atoms. The van der Waals surface area contributed by atoms with Crippen molar-refractivity contribution in [2.75, 3.05) is 32.1 Å². The molecule has 4 N–H and O–H groups in total. The van der Waals surface area contributed by atoms with Gasteiger partial charge in [0.15, 0.2) is 0 Å². The number of nitrogens with two attached hydrogens (primary N) is 1. The maximum atomic E-state index is 14.7. The van der Waals surface area contributed by atoms with Crippen molar-refractivity contribution < 1.29 is 18.7 Å². The normalized spacial score (nSPS) is 19.2. The number of urea groups is 1. The fourth-order valence-corrected chi connectivity index (χ4v) is 3.64. The zero-order valence-electron chi connectivity index (χ0n) is 16.4. The van der Waals surface area contributed by atoms with E-state index in [0.29, 0.717) is 36.0 Å². The number of halogens is 2. The van der Waals surface area contributed by atoms with E-state index in [2.05, 4.69) is 15.6 Å². The highest BCUT2D eigenvalue weighted by Crippen LogP contribution is 2.29. The zero-order chi connectivity index (χ0) is 21.7. The average Bonchev–Trinajstić information content (AvgIpc) is 2.70. The van der Waals surface area contributed by atoms with E-state index >= 15 is 0 Å². The van der Waals surface area contributed by atoms with Gasteiger partial charge in [0, 0.05) is 41.8 Å². The number of nitrogens with zero attached hydrogens (tertiary/aromatic N) is 2. The lowest BCUT2D eigenvalue weighted by Gasteiger charge is -2.38. The Labute approximate surface area is 178 Å². The maximum Gasteiger partial charge on any atom is 0.319 e. The third-order valence-corrected chi connectivity index (χ3v) is 5.18. The number of hydrogen-bond donors (Lipinski definition) is 3. The minimum atomic E-state index is -0.537. The molecule has 1 aromatic carbocycles. The minimum absolute atomic E-state index is 0.0535. The number of benzene rings is 1. The molecule has 8 nitrogen and oxygen atoms in total. The van der Waals surface area contributed by atoms with Crippen LogP contribution in [0.3, 0.4) is 0 Å². The summed E-state index contributed by atoms with van der Waals surface area (Å²) in [5.74, 6) is -1.18. The van der Waals surface area contributed by atoms with E-state index in [0.717, 1.165) is 0 Å². The standard InChI is InChI=1S/C20H23ClFN5O3/c1-30-14-8-16(22)19(24-9-14)15-10-27(11-18(23)28)7-6-17(15)26-20(29)25-13-4-2-12(21)3-5-13/h2-5,8-9,15,17H,6-7,10-11H2,1H3,(H2,23,28)(H2,25,26,29). The van der Waals surface area contributed by atoms with Crippen molar-refractivity contribution >= 4 is 29.2 Å².